The molecule has 0 bridgehead atoms. The van der Waals surface area contributed by atoms with Gasteiger partial charge in [-0.3, -0.25) is 4.55 Å². The summed E-state index contributed by atoms with van der Waals surface area (Å²) in [5, 5.41) is 2.06. The number of hydrogen-bond donors (Lipinski definition) is 1. The summed E-state index contributed by atoms with van der Waals surface area (Å²) < 4.78 is 33.6. The second kappa shape index (κ2) is 18.0. The van der Waals surface area contributed by atoms with Crippen molar-refractivity contribution < 1.29 is 13.0 Å². The molecule has 204 valence electrons. The Morgan fingerprint density at radius 2 is 1.06 bits per heavy atom. The Kier molecular flexibility index (Phi) is 15.4. The third kappa shape index (κ3) is 12.2. The van der Waals surface area contributed by atoms with Crippen LogP contribution in [0.4, 0.5) is 0 Å². The van der Waals surface area contributed by atoms with Gasteiger partial charge in [0, 0.05) is 0 Å². The average molecular weight is 517 g/mol. The van der Waals surface area contributed by atoms with Crippen LogP contribution in [-0.2, 0) is 23.0 Å². The second-order valence-electron chi connectivity index (χ2n) is 10.8. The molecule has 0 heterocycles. The Hall–Kier alpha value is -1.39. The fourth-order valence-corrected chi connectivity index (χ4v) is 5.81. The Balaban J connectivity index is 1.88. The van der Waals surface area contributed by atoms with E-state index in [1.165, 1.54) is 115 Å². The first-order valence-corrected chi connectivity index (χ1v) is 16.4. The standard InChI is InChI=1S/C32H52O3S/c1-3-5-7-9-11-13-15-17-19-21-28-23-24-32-29(22-20-18-16-14-12-10-8-6-4-2)26-31(36(33,34)35)27-30(32)25-28/h23-27H,3-22H2,1-2H3,(H,33,34,35). The largest absolute Gasteiger partial charge is 0.294 e. The number of hydrogen-bond acceptors (Lipinski definition) is 2. The van der Waals surface area contributed by atoms with Crippen molar-refractivity contribution >= 4 is 20.9 Å². The SMILES string of the molecule is CCCCCCCCCCCc1ccc2c(CCCCCCCCCCC)cc(S(=O)(=O)O)cc2c1. The topological polar surface area (TPSA) is 54.4 Å². The normalized spacial score (nSPS) is 12.0. The average Bonchev–Trinajstić information content (AvgIpc) is 2.85. The summed E-state index contributed by atoms with van der Waals surface area (Å²) in [6, 6.07) is 9.83. The number of aryl methyl sites for hydroxylation is 2. The van der Waals surface area contributed by atoms with Crippen molar-refractivity contribution in [3.05, 3.63) is 41.5 Å². The van der Waals surface area contributed by atoms with Crippen LogP contribution in [0.3, 0.4) is 0 Å². The lowest BCUT2D eigenvalue weighted by Gasteiger charge is -2.11. The lowest BCUT2D eigenvalue weighted by atomic mass is 9.96. The molecule has 1 N–H and O–H groups in total. The Bertz CT molecular complexity index is 965. The summed E-state index contributed by atoms with van der Waals surface area (Å²) in [6.07, 6.45) is 25.1. The number of rotatable bonds is 21. The van der Waals surface area contributed by atoms with Gasteiger partial charge in [-0.15, -0.1) is 0 Å². The van der Waals surface area contributed by atoms with Gasteiger partial charge in [0.05, 0.1) is 4.90 Å². The van der Waals surface area contributed by atoms with E-state index in [1.807, 2.05) is 0 Å². The van der Waals surface area contributed by atoms with Gasteiger partial charge in [-0.25, -0.2) is 0 Å². The maximum absolute atomic E-state index is 11.9. The number of unbranched alkanes of at least 4 members (excludes halogenated alkanes) is 16. The van der Waals surface area contributed by atoms with Gasteiger partial charge in [-0.2, -0.15) is 8.42 Å². The van der Waals surface area contributed by atoms with Crippen molar-refractivity contribution in [2.45, 2.75) is 147 Å². The molecule has 0 saturated carbocycles. The quantitative estimate of drug-likeness (QED) is 0.133. The third-order valence-corrected chi connectivity index (χ3v) is 8.32. The molecule has 2 aromatic carbocycles. The van der Waals surface area contributed by atoms with Crippen molar-refractivity contribution in [2.75, 3.05) is 0 Å². The van der Waals surface area contributed by atoms with Crippen LogP contribution >= 0.6 is 0 Å². The molecule has 0 saturated heterocycles. The van der Waals surface area contributed by atoms with Crippen molar-refractivity contribution in [1.82, 2.24) is 0 Å². The van der Waals surface area contributed by atoms with E-state index in [4.69, 9.17) is 0 Å². The molecular weight excluding hydrogens is 464 g/mol. The van der Waals surface area contributed by atoms with E-state index in [9.17, 15) is 13.0 Å². The maximum atomic E-state index is 11.9. The van der Waals surface area contributed by atoms with Crippen LogP contribution in [0.25, 0.3) is 10.8 Å². The zero-order chi connectivity index (χ0) is 26.1. The first-order valence-electron chi connectivity index (χ1n) is 15.0. The summed E-state index contributed by atoms with van der Waals surface area (Å²) in [7, 11) is -4.22. The molecule has 0 amide bonds. The van der Waals surface area contributed by atoms with E-state index >= 15 is 0 Å². The van der Waals surface area contributed by atoms with Crippen LogP contribution in [0.15, 0.2) is 35.2 Å². The Labute approximate surface area is 222 Å². The van der Waals surface area contributed by atoms with Crippen LogP contribution < -0.4 is 0 Å². The van der Waals surface area contributed by atoms with Crippen LogP contribution in [0.1, 0.15) is 141 Å². The molecule has 2 aromatic rings. The van der Waals surface area contributed by atoms with E-state index in [2.05, 4.69) is 32.0 Å². The molecule has 0 aliphatic carbocycles. The van der Waals surface area contributed by atoms with E-state index in [0.29, 0.717) is 0 Å². The van der Waals surface area contributed by atoms with Crippen LogP contribution in [0, 0.1) is 0 Å². The minimum atomic E-state index is -4.22. The third-order valence-electron chi connectivity index (χ3n) is 7.49. The summed E-state index contributed by atoms with van der Waals surface area (Å²) >= 11 is 0. The Morgan fingerprint density at radius 1 is 0.583 bits per heavy atom. The van der Waals surface area contributed by atoms with Crippen molar-refractivity contribution in [3.8, 4) is 0 Å². The highest BCUT2D eigenvalue weighted by molar-refractivity contribution is 7.85. The highest BCUT2D eigenvalue weighted by atomic mass is 32.2. The molecular formula is C32H52O3S. The summed E-state index contributed by atoms with van der Waals surface area (Å²) in [6.45, 7) is 4.51. The molecule has 3 nitrogen and oxygen atoms in total. The predicted molar refractivity (Wildman–Crippen MR) is 156 cm³/mol. The molecule has 0 aliphatic heterocycles. The van der Waals surface area contributed by atoms with E-state index in [0.717, 1.165) is 35.6 Å². The molecule has 0 atom stereocenters. The zero-order valence-corrected chi connectivity index (χ0v) is 24.0. The fraction of sp³-hybridized carbons (Fsp3) is 0.688. The minimum absolute atomic E-state index is 0.0288. The second-order valence-corrected chi connectivity index (χ2v) is 12.2. The van der Waals surface area contributed by atoms with Gasteiger partial charge in [-0.05, 0) is 59.7 Å². The molecule has 0 fully saturated rings. The van der Waals surface area contributed by atoms with E-state index in [1.54, 1.807) is 12.1 Å². The van der Waals surface area contributed by atoms with E-state index < -0.39 is 10.1 Å². The summed E-state index contributed by atoms with van der Waals surface area (Å²) in [4.78, 5) is 0.0288. The molecule has 36 heavy (non-hydrogen) atoms. The molecule has 0 aromatic heterocycles. The van der Waals surface area contributed by atoms with Crippen LogP contribution in [0.2, 0.25) is 0 Å². The number of benzene rings is 2. The highest BCUT2D eigenvalue weighted by Gasteiger charge is 2.14. The molecule has 0 radical (unpaired) electrons. The zero-order valence-electron chi connectivity index (χ0n) is 23.2. The molecule has 0 aliphatic rings. The van der Waals surface area contributed by atoms with Gasteiger partial charge in [0.1, 0.15) is 0 Å². The van der Waals surface area contributed by atoms with Crippen LogP contribution in [-0.4, -0.2) is 13.0 Å². The van der Waals surface area contributed by atoms with Gasteiger partial charge >= 0.3 is 0 Å². The highest BCUT2D eigenvalue weighted by Crippen LogP contribution is 2.27. The van der Waals surface area contributed by atoms with Gasteiger partial charge < -0.3 is 0 Å². The number of fused-ring (bicyclic) bond motifs is 1. The molecule has 0 spiro atoms. The van der Waals surface area contributed by atoms with Crippen LogP contribution in [0.5, 0.6) is 0 Å². The predicted octanol–water partition coefficient (Wildman–Crippen LogP) is 10.2. The lowest BCUT2D eigenvalue weighted by molar-refractivity contribution is 0.483. The van der Waals surface area contributed by atoms with E-state index in [-0.39, 0.29) is 4.90 Å². The summed E-state index contributed by atoms with van der Waals surface area (Å²) in [5.74, 6) is 0. The molecule has 4 heteroatoms. The maximum Gasteiger partial charge on any atom is 0.294 e. The van der Waals surface area contributed by atoms with Gasteiger partial charge in [0.2, 0.25) is 0 Å². The molecule has 2 rings (SSSR count). The first kappa shape index (κ1) is 30.8. The van der Waals surface area contributed by atoms with Crippen molar-refractivity contribution in [1.29, 1.82) is 0 Å². The van der Waals surface area contributed by atoms with Gasteiger partial charge in [0.15, 0.2) is 0 Å². The Morgan fingerprint density at radius 3 is 1.56 bits per heavy atom. The van der Waals surface area contributed by atoms with Gasteiger partial charge in [0.25, 0.3) is 10.1 Å². The van der Waals surface area contributed by atoms with Crippen molar-refractivity contribution in [3.63, 3.8) is 0 Å². The van der Waals surface area contributed by atoms with Crippen molar-refractivity contribution in [2.24, 2.45) is 0 Å². The lowest BCUT2D eigenvalue weighted by Crippen LogP contribution is -2.01. The first-order chi connectivity index (χ1) is 17.5. The monoisotopic (exact) mass is 516 g/mol. The fourth-order valence-electron chi connectivity index (χ4n) is 5.25. The summed E-state index contributed by atoms with van der Waals surface area (Å²) in [5.41, 5.74) is 2.30. The van der Waals surface area contributed by atoms with Gasteiger partial charge in [-0.1, -0.05) is 135 Å². The smallest absolute Gasteiger partial charge is 0.282 e. The molecule has 0 unspecified atom stereocenters. The minimum Gasteiger partial charge on any atom is -0.282 e.